The van der Waals surface area contributed by atoms with Gasteiger partial charge in [-0.15, -0.1) is 0 Å². The number of pyridine rings is 2. The fraction of sp³-hybridized carbons (Fsp3) is 0.250. The van der Waals surface area contributed by atoms with Crippen molar-refractivity contribution in [3.8, 4) is 23.1 Å². The average Bonchev–Trinajstić information content (AvgIpc) is 3.45. The molecule has 5 rings (SSSR count). The van der Waals surface area contributed by atoms with Gasteiger partial charge in [0.1, 0.15) is 17.2 Å². The third-order valence-corrected chi connectivity index (χ3v) is 6.36. The van der Waals surface area contributed by atoms with Gasteiger partial charge >= 0.3 is 0 Å². The number of nitrogens with zero attached hydrogens (tertiary/aromatic N) is 3. The number of likely N-dealkylation sites (N-methyl/N-ethyl adjacent to an activating group) is 1. The van der Waals surface area contributed by atoms with E-state index < -0.39 is 0 Å². The molecule has 6 heteroatoms. The van der Waals surface area contributed by atoms with Crippen LogP contribution < -0.4 is 10.6 Å². The molecule has 170 valence electrons. The van der Waals surface area contributed by atoms with Gasteiger partial charge in [0.15, 0.2) is 0 Å². The number of hydrogen-bond donors (Lipinski definition) is 2. The number of carbonyl (C=O) groups excluding carboxylic acids is 1. The minimum atomic E-state index is -0.330. The van der Waals surface area contributed by atoms with Gasteiger partial charge in [-0.05, 0) is 93.6 Å². The van der Waals surface area contributed by atoms with Crippen molar-refractivity contribution in [2.75, 3.05) is 12.4 Å². The second-order valence-electron chi connectivity index (χ2n) is 8.65. The SMILES string of the molecule is CNC(C)C(=O)Nc1ccc(-c2c(C)nc3ccccn23)c(C#Cc2ccc3c(c2)CCC3)n1. The summed E-state index contributed by atoms with van der Waals surface area (Å²) in [6, 6.07) is 15.8. The van der Waals surface area contributed by atoms with E-state index in [0.717, 1.165) is 41.0 Å². The first kappa shape index (κ1) is 21.9. The summed E-state index contributed by atoms with van der Waals surface area (Å²) in [5.41, 5.74) is 7.98. The fourth-order valence-corrected chi connectivity index (χ4v) is 4.40. The van der Waals surface area contributed by atoms with Crippen LogP contribution in [0.25, 0.3) is 16.9 Å². The lowest BCUT2D eigenvalue weighted by Crippen LogP contribution is -2.35. The molecule has 1 unspecified atom stereocenters. The Morgan fingerprint density at radius 2 is 1.91 bits per heavy atom. The van der Waals surface area contributed by atoms with E-state index in [1.54, 1.807) is 14.0 Å². The van der Waals surface area contributed by atoms with E-state index >= 15 is 0 Å². The van der Waals surface area contributed by atoms with E-state index in [9.17, 15) is 4.79 Å². The van der Waals surface area contributed by atoms with Gasteiger partial charge in [0.05, 0.1) is 17.4 Å². The molecule has 3 aromatic heterocycles. The number of benzene rings is 1. The highest BCUT2D eigenvalue weighted by molar-refractivity contribution is 5.94. The Bertz CT molecular complexity index is 1460. The Morgan fingerprint density at radius 3 is 2.76 bits per heavy atom. The molecule has 34 heavy (non-hydrogen) atoms. The monoisotopic (exact) mass is 449 g/mol. The van der Waals surface area contributed by atoms with Crippen LogP contribution in [0.3, 0.4) is 0 Å². The largest absolute Gasteiger partial charge is 0.309 e. The maximum Gasteiger partial charge on any atom is 0.242 e. The summed E-state index contributed by atoms with van der Waals surface area (Å²) < 4.78 is 2.05. The summed E-state index contributed by atoms with van der Waals surface area (Å²) in [6.45, 7) is 3.80. The van der Waals surface area contributed by atoms with E-state index in [1.165, 1.54) is 17.5 Å². The number of fused-ring (bicyclic) bond motifs is 2. The normalized spacial score (nSPS) is 13.3. The van der Waals surface area contributed by atoms with Crippen LogP contribution in [-0.2, 0) is 17.6 Å². The zero-order valence-corrected chi connectivity index (χ0v) is 19.6. The number of anilines is 1. The van der Waals surface area contributed by atoms with E-state index in [1.807, 2.05) is 47.9 Å². The first-order chi connectivity index (χ1) is 16.5. The Labute approximate surface area is 199 Å². The maximum atomic E-state index is 12.4. The van der Waals surface area contributed by atoms with Gasteiger partial charge in [-0.3, -0.25) is 9.20 Å². The van der Waals surface area contributed by atoms with Gasteiger partial charge < -0.3 is 10.6 Å². The zero-order valence-electron chi connectivity index (χ0n) is 19.6. The van der Waals surface area contributed by atoms with Gasteiger partial charge in [-0.25, -0.2) is 9.97 Å². The molecule has 0 fully saturated rings. The van der Waals surface area contributed by atoms with Crippen LogP contribution in [-0.4, -0.2) is 33.4 Å². The number of nitrogens with one attached hydrogen (secondary N) is 2. The van der Waals surface area contributed by atoms with Crippen LogP contribution in [0, 0.1) is 18.8 Å². The number of aromatic nitrogens is 3. The van der Waals surface area contributed by atoms with Crippen molar-refractivity contribution >= 4 is 17.4 Å². The Kier molecular flexibility index (Phi) is 5.87. The Hall–Kier alpha value is -3.95. The Balaban J connectivity index is 1.60. The lowest BCUT2D eigenvalue weighted by Gasteiger charge is -2.12. The van der Waals surface area contributed by atoms with Crippen molar-refractivity contribution in [1.82, 2.24) is 19.7 Å². The highest BCUT2D eigenvalue weighted by Crippen LogP contribution is 2.28. The first-order valence-corrected chi connectivity index (χ1v) is 11.6. The standard InChI is InChI=1S/C28H27N5O/c1-18-27(33-16-5-4-9-26(33)30-18)23-13-15-25(32-28(34)19(2)29-3)31-24(23)14-11-20-10-12-21-7-6-8-22(21)17-20/h4-5,9-10,12-13,15-17,19,29H,6-8H2,1-3H3,(H,31,32,34). The minimum absolute atomic E-state index is 0.147. The summed E-state index contributed by atoms with van der Waals surface area (Å²) in [7, 11) is 1.75. The molecule has 2 N–H and O–H groups in total. The second-order valence-corrected chi connectivity index (χ2v) is 8.65. The average molecular weight is 450 g/mol. The molecule has 1 amide bonds. The summed E-state index contributed by atoms with van der Waals surface area (Å²) in [5.74, 6) is 6.92. The third-order valence-electron chi connectivity index (χ3n) is 6.36. The van der Waals surface area contributed by atoms with Crippen molar-refractivity contribution < 1.29 is 4.79 Å². The molecule has 4 aromatic rings. The Morgan fingerprint density at radius 1 is 1.06 bits per heavy atom. The molecule has 0 saturated heterocycles. The quantitative estimate of drug-likeness (QED) is 0.460. The van der Waals surface area contributed by atoms with Crippen molar-refractivity contribution in [3.05, 3.63) is 82.8 Å². The molecule has 0 bridgehead atoms. The van der Waals surface area contributed by atoms with Crippen molar-refractivity contribution in [2.24, 2.45) is 0 Å². The van der Waals surface area contributed by atoms with Crippen LogP contribution in [0.1, 0.15) is 41.4 Å². The molecule has 0 saturated carbocycles. The lowest BCUT2D eigenvalue weighted by atomic mass is 10.1. The molecule has 3 heterocycles. The van der Waals surface area contributed by atoms with Crippen LogP contribution >= 0.6 is 0 Å². The lowest BCUT2D eigenvalue weighted by molar-refractivity contribution is -0.117. The van der Waals surface area contributed by atoms with E-state index in [-0.39, 0.29) is 11.9 Å². The third kappa shape index (κ3) is 4.18. The molecule has 0 spiro atoms. The predicted molar refractivity (Wildman–Crippen MR) is 135 cm³/mol. The van der Waals surface area contributed by atoms with Crippen molar-refractivity contribution in [1.29, 1.82) is 0 Å². The van der Waals surface area contributed by atoms with E-state index in [2.05, 4.69) is 40.7 Å². The highest BCUT2D eigenvalue weighted by atomic mass is 16.2. The zero-order chi connectivity index (χ0) is 23.7. The molecule has 1 atom stereocenters. The highest BCUT2D eigenvalue weighted by Gasteiger charge is 2.17. The van der Waals surface area contributed by atoms with Crippen LogP contribution in [0.2, 0.25) is 0 Å². The maximum absolute atomic E-state index is 12.4. The molecular formula is C28H27N5O. The van der Waals surface area contributed by atoms with Gasteiger partial charge in [-0.1, -0.05) is 18.1 Å². The van der Waals surface area contributed by atoms with E-state index in [4.69, 9.17) is 9.97 Å². The van der Waals surface area contributed by atoms with Gasteiger partial charge in [-0.2, -0.15) is 0 Å². The summed E-state index contributed by atoms with van der Waals surface area (Å²) in [5, 5.41) is 5.84. The number of aryl methyl sites for hydroxylation is 3. The van der Waals surface area contributed by atoms with Crippen LogP contribution in [0.15, 0.2) is 54.7 Å². The smallest absolute Gasteiger partial charge is 0.242 e. The number of imidazole rings is 1. The first-order valence-electron chi connectivity index (χ1n) is 11.6. The molecule has 1 aliphatic rings. The summed E-state index contributed by atoms with van der Waals surface area (Å²) in [4.78, 5) is 21.9. The van der Waals surface area contributed by atoms with Gasteiger partial charge in [0.25, 0.3) is 0 Å². The number of amides is 1. The molecule has 0 aliphatic heterocycles. The van der Waals surface area contributed by atoms with Crippen LogP contribution in [0.5, 0.6) is 0 Å². The fourth-order valence-electron chi connectivity index (χ4n) is 4.40. The number of rotatable bonds is 4. The van der Waals surface area contributed by atoms with Gasteiger partial charge in [0, 0.05) is 17.3 Å². The van der Waals surface area contributed by atoms with Crippen molar-refractivity contribution in [2.45, 2.75) is 39.2 Å². The molecule has 0 radical (unpaired) electrons. The van der Waals surface area contributed by atoms with Crippen LogP contribution in [0.4, 0.5) is 5.82 Å². The van der Waals surface area contributed by atoms with Crippen molar-refractivity contribution in [3.63, 3.8) is 0 Å². The topological polar surface area (TPSA) is 71.3 Å². The number of carbonyl (C=O) groups is 1. The van der Waals surface area contributed by atoms with E-state index in [0.29, 0.717) is 11.5 Å². The second kappa shape index (κ2) is 9.12. The molecule has 1 aliphatic carbocycles. The summed E-state index contributed by atoms with van der Waals surface area (Å²) >= 11 is 0. The minimum Gasteiger partial charge on any atom is -0.309 e. The summed E-state index contributed by atoms with van der Waals surface area (Å²) in [6.07, 6.45) is 5.46. The number of hydrogen-bond acceptors (Lipinski definition) is 4. The van der Waals surface area contributed by atoms with Gasteiger partial charge in [0.2, 0.25) is 5.91 Å². The molecule has 6 nitrogen and oxygen atoms in total. The molecular weight excluding hydrogens is 422 g/mol. The molecule has 1 aromatic carbocycles. The predicted octanol–water partition coefficient (Wildman–Crippen LogP) is 4.14.